The van der Waals surface area contributed by atoms with Crippen molar-refractivity contribution in [3.8, 4) is 11.1 Å². The summed E-state index contributed by atoms with van der Waals surface area (Å²) in [5.74, 6) is 0. The normalized spacial score (nSPS) is 12.0. The Bertz CT molecular complexity index is 813. The average molecular weight is 348 g/mol. The highest BCUT2D eigenvalue weighted by Crippen LogP contribution is 2.43. The minimum absolute atomic E-state index is 0.0228. The summed E-state index contributed by atoms with van der Waals surface area (Å²) >= 11 is 13.1. The van der Waals surface area contributed by atoms with E-state index in [0.717, 1.165) is 0 Å². The number of fused-ring (bicyclic) bond motifs is 1. The van der Waals surface area contributed by atoms with E-state index in [4.69, 9.17) is 23.2 Å². The van der Waals surface area contributed by atoms with Gasteiger partial charge in [-0.15, -0.1) is 0 Å². The first-order valence-electron chi connectivity index (χ1n) is 5.75. The van der Waals surface area contributed by atoms with Crippen molar-refractivity contribution in [1.82, 2.24) is 4.98 Å². The molecule has 0 fully saturated rings. The minimum atomic E-state index is -4.54. The van der Waals surface area contributed by atoms with Crippen LogP contribution in [0, 0.1) is 0 Å². The molecule has 0 saturated heterocycles. The fourth-order valence-electron chi connectivity index (χ4n) is 2.17. The van der Waals surface area contributed by atoms with Crippen LogP contribution in [-0.4, -0.2) is 4.98 Å². The first kappa shape index (κ1) is 14.6. The quantitative estimate of drug-likeness (QED) is 0.504. The number of alkyl halides is 3. The number of hydrogen-bond donors (Lipinski definition) is 0. The van der Waals surface area contributed by atoms with Crippen LogP contribution in [0.15, 0.2) is 35.2 Å². The number of benzene rings is 1. The van der Waals surface area contributed by atoms with Crippen molar-refractivity contribution in [3.05, 3.63) is 50.8 Å². The molecular weight excluding hydrogens is 342 g/mol. The Morgan fingerprint density at radius 3 is 2.52 bits per heavy atom. The fourth-order valence-corrected chi connectivity index (χ4v) is 3.37. The lowest BCUT2D eigenvalue weighted by atomic mass is 9.99. The average Bonchev–Trinajstić information content (AvgIpc) is 2.89. The molecule has 0 bridgehead atoms. The lowest BCUT2D eigenvalue weighted by molar-refractivity contribution is -0.135. The van der Waals surface area contributed by atoms with Crippen molar-refractivity contribution < 1.29 is 13.2 Å². The molecule has 1 aromatic carbocycles. The molecule has 0 radical (unpaired) electrons. The Morgan fingerprint density at radius 2 is 1.90 bits per heavy atom. The smallest absolute Gasteiger partial charge is 0.254 e. The van der Waals surface area contributed by atoms with E-state index in [-0.39, 0.29) is 26.5 Å². The second kappa shape index (κ2) is 5.16. The van der Waals surface area contributed by atoms with Crippen molar-refractivity contribution >= 4 is 45.4 Å². The molecule has 0 N–H and O–H groups in total. The van der Waals surface area contributed by atoms with Crippen LogP contribution in [0.5, 0.6) is 0 Å². The van der Waals surface area contributed by atoms with Crippen LogP contribution >= 0.6 is 34.5 Å². The van der Waals surface area contributed by atoms with E-state index in [9.17, 15) is 13.2 Å². The van der Waals surface area contributed by atoms with Crippen molar-refractivity contribution in [2.24, 2.45) is 0 Å². The second-order valence-corrected chi connectivity index (χ2v) is 5.96. The van der Waals surface area contributed by atoms with Crippen LogP contribution in [0.3, 0.4) is 0 Å². The molecule has 0 saturated carbocycles. The van der Waals surface area contributed by atoms with Gasteiger partial charge in [0, 0.05) is 22.2 Å². The van der Waals surface area contributed by atoms with Crippen LogP contribution in [0.2, 0.25) is 10.0 Å². The predicted octanol–water partition coefficient (Wildman–Crippen LogP) is 6.29. The summed E-state index contributed by atoms with van der Waals surface area (Å²) in [7, 11) is 0. The number of pyridine rings is 1. The molecule has 108 valence electrons. The number of nitrogens with zero attached hydrogens (tertiary/aromatic N) is 1. The fraction of sp³-hybridized carbons (Fsp3) is 0.0714. The Morgan fingerprint density at radius 1 is 1.14 bits per heavy atom. The van der Waals surface area contributed by atoms with Crippen LogP contribution in [-0.2, 0) is 6.18 Å². The molecule has 3 rings (SSSR count). The Labute approximate surface area is 131 Å². The largest absolute Gasteiger partial charge is 0.417 e. The number of halogens is 5. The Hall–Kier alpha value is -1.30. The van der Waals surface area contributed by atoms with Crippen molar-refractivity contribution in [2.75, 3.05) is 0 Å². The minimum Gasteiger partial charge on any atom is -0.254 e. The maximum absolute atomic E-state index is 13.5. The van der Waals surface area contributed by atoms with Gasteiger partial charge < -0.3 is 0 Å². The zero-order chi connectivity index (χ0) is 15.2. The van der Waals surface area contributed by atoms with Gasteiger partial charge in [-0.25, -0.2) is 0 Å². The molecule has 0 aliphatic heterocycles. The second-order valence-electron chi connectivity index (χ2n) is 4.34. The van der Waals surface area contributed by atoms with Crippen LogP contribution in [0.4, 0.5) is 13.2 Å². The summed E-state index contributed by atoms with van der Waals surface area (Å²) < 4.78 is 40.6. The third-order valence-corrected chi connectivity index (χ3v) is 4.19. The van der Waals surface area contributed by atoms with E-state index in [1.807, 2.05) is 0 Å². The van der Waals surface area contributed by atoms with E-state index < -0.39 is 11.7 Å². The molecule has 0 atom stereocenters. The first-order valence-corrected chi connectivity index (χ1v) is 7.45. The topological polar surface area (TPSA) is 12.9 Å². The zero-order valence-electron chi connectivity index (χ0n) is 10.2. The Kier molecular flexibility index (Phi) is 3.59. The van der Waals surface area contributed by atoms with E-state index in [0.29, 0.717) is 5.56 Å². The number of aromatic nitrogens is 1. The van der Waals surface area contributed by atoms with Crippen LogP contribution in [0.1, 0.15) is 5.56 Å². The summed E-state index contributed by atoms with van der Waals surface area (Å²) in [4.78, 5) is 4.07. The van der Waals surface area contributed by atoms with E-state index in [1.165, 1.54) is 29.7 Å². The molecule has 7 heteroatoms. The van der Waals surface area contributed by atoms with Gasteiger partial charge in [-0.1, -0.05) is 23.2 Å². The lowest BCUT2D eigenvalue weighted by Gasteiger charge is -2.15. The van der Waals surface area contributed by atoms with Gasteiger partial charge >= 0.3 is 6.18 Å². The van der Waals surface area contributed by atoms with Gasteiger partial charge in [0.1, 0.15) is 0 Å². The third kappa shape index (κ3) is 2.61. The molecule has 0 spiro atoms. The van der Waals surface area contributed by atoms with E-state index in [2.05, 4.69) is 4.98 Å². The number of hydrogen-bond acceptors (Lipinski definition) is 2. The molecular formula is C14H6Cl2F3NS. The highest BCUT2D eigenvalue weighted by molar-refractivity contribution is 7.08. The monoisotopic (exact) mass is 347 g/mol. The van der Waals surface area contributed by atoms with Crippen molar-refractivity contribution in [1.29, 1.82) is 0 Å². The van der Waals surface area contributed by atoms with Crippen LogP contribution in [0.25, 0.3) is 22.0 Å². The summed E-state index contributed by atoms with van der Waals surface area (Å²) in [6.45, 7) is 0. The van der Waals surface area contributed by atoms with Gasteiger partial charge in [-0.05, 0) is 34.5 Å². The summed E-state index contributed by atoms with van der Waals surface area (Å²) in [6.07, 6.45) is -3.33. The van der Waals surface area contributed by atoms with Crippen LogP contribution < -0.4 is 0 Å². The molecule has 3 aromatic rings. The Balaban J connectivity index is 2.46. The SMILES string of the molecule is FC(F)(F)c1c(-c2ccsc2)cnc2c(Cl)cc(Cl)cc12. The van der Waals surface area contributed by atoms with E-state index >= 15 is 0 Å². The van der Waals surface area contributed by atoms with Crippen molar-refractivity contribution in [2.45, 2.75) is 6.18 Å². The summed E-state index contributed by atoms with van der Waals surface area (Å²) in [5, 5.41) is 3.50. The number of rotatable bonds is 1. The highest BCUT2D eigenvalue weighted by atomic mass is 35.5. The molecule has 0 aliphatic rings. The van der Waals surface area contributed by atoms with Crippen molar-refractivity contribution in [3.63, 3.8) is 0 Å². The van der Waals surface area contributed by atoms with Gasteiger partial charge in [0.25, 0.3) is 0 Å². The molecule has 21 heavy (non-hydrogen) atoms. The van der Waals surface area contributed by atoms with E-state index in [1.54, 1.807) is 16.8 Å². The van der Waals surface area contributed by atoms with Gasteiger partial charge in [-0.2, -0.15) is 24.5 Å². The highest BCUT2D eigenvalue weighted by Gasteiger charge is 2.36. The summed E-state index contributed by atoms with van der Waals surface area (Å²) in [6, 6.07) is 4.24. The lowest BCUT2D eigenvalue weighted by Crippen LogP contribution is -2.09. The molecule has 1 nitrogen and oxygen atoms in total. The maximum atomic E-state index is 13.5. The first-order chi connectivity index (χ1) is 9.88. The standard InChI is InChI=1S/C14H6Cl2F3NS/c15-8-3-9-12(14(17,18)19)10(7-1-2-21-6-7)5-20-13(9)11(16)4-8/h1-6H. The van der Waals surface area contributed by atoms with Gasteiger partial charge in [-0.3, -0.25) is 4.98 Å². The van der Waals surface area contributed by atoms with Gasteiger partial charge in [0.2, 0.25) is 0 Å². The van der Waals surface area contributed by atoms with Gasteiger partial charge in [0.05, 0.1) is 16.1 Å². The summed E-state index contributed by atoms with van der Waals surface area (Å²) in [5.41, 5.74) is -0.185. The third-order valence-electron chi connectivity index (χ3n) is 3.01. The maximum Gasteiger partial charge on any atom is 0.417 e. The van der Waals surface area contributed by atoms with Gasteiger partial charge in [0.15, 0.2) is 0 Å². The molecule has 0 unspecified atom stereocenters. The molecule has 0 aliphatic carbocycles. The number of thiophene rings is 1. The molecule has 2 aromatic heterocycles. The molecule has 2 heterocycles. The predicted molar refractivity (Wildman–Crippen MR) is 80.1 cm³/mol. The zero-order valence-corrected chi connectivity index (χ0v) is 12.5. The molecule has 0 amide bonds.